The molecule has 0 amide bonds. The number of likely N-dealkylation sites (tertiary alicyclic amines) is 1. The van der Waals surface area contributed by atoms with Gasteiger partial charge in [0.05, 0.1) is 6.54 Å². The standard InChI is InChI=1S/C6H10NO/c8-6-5-7-3-1-2-4-7/h1-5H2. The highest BCUT2D eigenvalue weighted by molar-refractivity contribution is 5.53. The van der Waals surface area contributed by atoms with Crippen LogP contribution in [-0.2, 0) is 4.79 Å². The summed E-state index contributed by atoms with van der Waals surface area (Å²) >= 11 is 0. The minimum absolute atomic E-state index is 0.514. The van der Waals surface area contributed by atoms with Crippen LogP contribution in [0.4, 0.5) is 0 Å². The summed E-state index contributed by atoms with van der Waals surface area (Å²) < 4.78 is 0. The van der Waals surface area contributed by atoms with E-state index < -0.39 is 0 Å². The molecule has 0 bridgehead atoms. The molecular formula is C6H10NO. The average Bonchev–Trinajstić information content (AvgIpc) is 2.19. The normalized spacial score (nSPS) is 21.5. The van der Waals surface area contributed by atoms with Gasteiger partial charge in [0.25, 0.3) is 0 Å². The zero-order valence-corrected chi connectivity index (χ0v) is 4.89. The molecule has 0 atom stereocenters. The highest BCUT2D eigenvalue weighted by atomic mass is 16.1. The van der Waals surface area contributed by atoms with Crippen LogP contribution in [0.5, 0.6) is 0 Å². The van der Waals surface area contributed by atoms with E-state index in [-0.39, 0.29) is 0 Å². The van der Waals surface area contributed by atoms with E-state index in [1.165, 1.54) is 12.8 Å². The molecule has 1 heterocycles. The SMILES string of the molecule is O=[C]CN1CCCC1. The lowest BCUT2D eigenvalue weighted by atomic mass is 10.4. The van der Waals surface area contributed by atoms with Gasteiger partial charge in [-0.25, -0.2) is 0 Å². The van der Waals surface area contributed by atoms with Crippen molar-refractivity contribution in [1.82, 2.24) is 4.90 Å². The topological polar surface area (TPSA) is 20.3 Å². The van der Waals surface area contributed by atoms with E-state index in [0.29, 0.717) is 6.54 Å². The van der Waals surface area contributed by atoms with Gasteiger partial charge in [0.15, 0.2) is 0 Å². The second-order valence-corrected chi connectivity index (χ2v) is 2.13. The first-order valence-electron chi connectivity index (χ1n) is 3.01. The lowest BCUT2D eigenvalue weighted by molar-refractivity contribution is 0.378. The summed E-state index contributed by atoms with van der Waals surface area (Å²) in [6, 6.07) is 0. The highest BCUT2D eigenvalue weighted by Crippen LogP contribution is 2.04. The van der Waals surface area contributed by atoms with Crippen molar-refractivity contribution in [2.24, 2.45) is 0 Å². The van der Waals surface area contributed by atoms with Crippen LogP contribution in [-0.4, -0.2) is 30.8 Å². The quantitative estimate of drug-likeness (QED) is 0.508. The van der Waals surface area contributed by atoms with Gasteiger partial charge in [0, 0.05) is 0 Å². The summed E-state index contributed by atoms with van der Waals surface area (Å²) in [7, 11) is 0. The van der Waals surface area contributed by atoms with Gasteiger partial charge in [-0.3, -0.25) is 9.69 Å². The van der Waals surface area contributed by atoms with Gasteiger partial charge in [0.2, 0.25) is 6.29 Å². The molecule has 2 heteroatoms. The van der Waals surface area contributed by atoms with Crippen molar-refractivity contribution in [3.8, 4) is 0 Å². The molecule has 0 aliphatic carbocycles. The lowest BCUT2D eigenvalue weighted by Gasteiger charge is -2.06. The van der Waals surface area contributed by atoms with Gasteiger partial charge in [-0.1, -0.05) is 0 Å². The summed E-state index contributed by atoms with van der Waals surface area (Å²) in [6.07, 6.45) is 4.39. The predicted molar refractivity (Wildman–Crippen MR) is 31.4 cm³/mol. The Kier molecular flexibility index (Phi) is 2.03. The van der Waals surface area contributed by atoms with Crippen molar-refractivity contribution >= 4 is 6.29 Å². The molecule has 0 aromatic heterocycles. The van der Waals surface area contributed by atoms with Crippen LogP contribution < -0.4 is 0 Å². The van der Waals surface area contributed by atoms with Crippen molar-refractivity contribution in [2.75, 3.05) is 19.6 Å². The summed E-state index contributed by atoms with van der Waals surface area (Å²) in [4.78, 5) is 11.9. The van der Waals surface area contributed by atoms with E-state index in [4.69, 9.17) is 0 Å². The first kappa shape index (κ1) is 5.76. The first-order valence-corrected chi connectivity index (χ1v) is 3.01. The number of hydrogen-bond donors (Lipinski definition) is 0. The van der Waals surface area contributed by atoms with Gasteiger partial charge < -0.3 is 0 Å². The van der Waals surface area contributed by atoms with Gasteiger partial charge in [-0.15, -0.1) is 0 Å². The molecule has 45 valence electrons. The molecule has 1 saturated heterocycles. The van der Waals surface area contributed by atoms with E-state index in [1.807, 2.05) is 6.29 Å². The van der Waals surface area contributed by atoms with Crippen LogP contribution in [0.3, 0.4) is 0 Å². The Hall–Kier alpha value is -0.370. The smallest absolute Gasteiger partial charge is 0.213 e. The molecule has 0 saturated carbocycles. The van der Waals surface area contributed by atoms with E-state index in [1.54, 1.807) is 0 Å². The monoisotopic (exact) mass is 112 g/mol. The Balaban J connectivity index is 2.14. The highest BCUT2D eigenvalue weighted by Gasteiger charge is 2.09. The van der Waals surface area contributed by atoms with Crippen LogP contribution in [0.1, 0.15) is 12.8 Å². The molecule has 1 rings (SSSR count). The van der Waals surface area contributed by atoms with Crippen molar-refractivity contribution in [2.45, 2.75) is 12.8 Å². The van der Waals surface area contributed by atoms with Gasteiger partial charge in [0.1, 0.15) is 0 Å². The molecule has 0 aromatic carbocycles. The minimum Gasteiger partial charge on any atom is -0.296 e. The summed E-state index contributed by atoms with van der Waals surface area (Å²) in [5, 5.41) is 0. The maximum Gasteiger partial charge on any atom is 0.213 e. The number of nitrogens with zero attached hydrogens (tertiary/aromatic N) is 1. The zero-order chi connectivity index (χ0) is 5.82. The third kappa shape index (κ3) is 1.30. The lowest BCUT2D eigenvalue weighted by Crippen LogP contribution is -2.20. The Labute approximate surface area is 49.5 Å². The van der Waals surface area contributed by atoms with Crippen molar-refractivity contribution in [3.63, 3.8) is 0 Å². The Morgan fingerprint density at radius 3 is 2.50 bits per heavy atom. The Morgan fingerprint density at radius 2 is 2.00 bits per heavy atom. The average molecular weight is 112 g/mol. The van der Waals surface area contributed by atoms with Gasteiger partial charge in [-0.05, 0) is 25.9 Å². The number of hydrogen-bond acceptors (Lipinski definition) is 2. The van der Waals surface area contributed by atoms with Crippen molar-refractivity contribution in [3.05, 3.63) is 0 Å². The molecule has 0 spiro atoms. The van der Waals surface area contributed by atoms with Crippen LogP contribution in [0, 0.1) is 0 Å². The Bertz CT molecular complexity index is 76.6. The molecule has 0 N–H and O–H groups in total. The van der Waals surface area contributed by atoms with Crippen LogP contribution in [0.25, 0.3) is 0 Å². The summed E-state index contributed by atoms with van der Waals surface area (Å²) in [5.74, 6) is 0. The van der Waals surface area contributed by atoms with Crippen molar-refractivity contribution < 1.29 is 4.79 Å². The van der Waals surface area contributed by atoms with E-state index in [9.17, 15) is 4.79 Å². The maximum absolute atomic E-state index is 9.79. The largest absolute Gasteiger partial charge is 0.296 e. The zero-order valence-electron chi connectivity index (χ0n) is 4.89. The molecular weight excluding hydrogens is 102 g/mol. The second kappa shape index (κ2) is 2.82. The first-order chi connectivity index (χ1) is 3.93. The van der Waals surface area contributed by atoms with Crippen LogP contribution in [0.2, 0.25) is 0 Å². The van der Waals surface area contributed by atoms with Gasteiger partial charge in [-0.2, -0.15) is 0 Å². The molecule has 0 unspecified atom stereocenters. The fraction of sp³-hybridized carbons (Fsp3) is 0.833. The fourth-order valence-corrected chi connectivity index (χ4v) is 1.03. The fourth-order valence-electron chi connectivity index (χ4n) is 1.03. The molecule has 1 radical (unpaired) electrons. The van der Waals surface area contributed by atoms with E-state index in [2.05, 4.69) is 4.90 Å². The van der Waals surface area contributed by atoms with Crippen molar-refractivity contribution in [1.29, 1.82) is 0 Å². The molecule has 1 aliphatic rings. The Morgan fingerprint density at radius 1 is 1.38 bits per heavy atom. The summed E-state index contributed by atoms with van der Waals surface area (Å²) in [6.45, 7) is 2.70. The third-order valence-corrected chi connectivity index (χ3v) is 1.49. The molecule has 2 nitrogen and oxygen atoms in total. The molecule has 0 aromatic rings. The number of carbonyl (C=O) groups excluding carboxylic acids is 1. The predicted octanol–water partition coefficient (Wildman–Crippen LogP) is 0.192. The number of rotatable bonds is 2. The summed E-state index contributed by atoms with van der Waals surface area (Å²) in [5.41, 5.74) is 0. The van der Waals surface area contributed by atoms with Gasteiger partial charge >= 0.3 is 0 Å². The second-order valence-electron chi connectivity index (χ2n) is 2.13. The van der Waals surface area contributed by atoms with Crippen LogP contribution in [0.15, 0.2) is 0 Å². The molecule has 1 aliphatic heterocycles. The molecule has 1 fully saturated rings. The van der Waals surface area contributed by atoms with E-state index >= 15 is 0 Å². The maximum atomic E-state index is 9.79. The van der Waals surface area contributed by atoms with E-state index in [0.717, 1.165) is 13.1 Å². The molecule has 8 heavy (non-hydrogen) atoms. The third-order valence-electron chi connectivity index (χ3n) is 1.49. The minimum atomic E-state index is 0.514. The van der Waals surface area contributed by atoms with Crippen LogP contribution >= 0.6 is 0 Å².